The zero-order valence-electron chi connectivity index (χ0n) is 7.31. The number of rotatable bonds is 2. The lowest BCUT2D eigenvalue weighted by Crippen LogP contribution is -2.22. The molecule has 1 atom stereocenters. The highest BCUT2D eigenvalue weighted by Gasteiger charge is 2.40. The maximum atomic E-state index is 12.4. The number of ether oxygens (including phenoxy) is 1. The summed E-state index contributed by atoms with van der Waals surface area (Å²) in [6.07, 6.45) is -6.22. The van der Waals surface area contributed by atoms with Crippen molar-refractivity contribution in [1.29, 1.82) is 0 Å². The molecule has 78 valence electrons. The molecule has 1 nitrogen and oxygen atoms in total. The van der Waals surface area contributed by atoms with Crippen molar-refractivity contribution in [3.05, 3.63) is 34.3 Å². The standard InChI is InChI=1S/C9H8BrF3O/c1-14-8(9(11,12)13)6-2-4-7(10)5-3-6/h2-5,8H,1H3/t8-/m0/s1. The van der Waals surface area contributed by atoms with Crippen LogP contribution in [0.15, 0.2) is 28.7 Å². The molecular formula is C9H8BrF3O. The summed E-state index contributed by atoms with van der Waals surface area (Å²) >= 11 is 3.14. The van der Waals surface area contributed by atoms with Crippen molar-refractivity contribution in [3.63, 3.8) is 0 Å². The fraction of sp³-hybridized carbons (Fsp3) is 0.333. The van der Waals surface area contributed by atoms with Gasteiger partial charge in [0.2, 0.25) is 0 Å². The van der Waals surface area contributed by atoms with Crippen molar-refractivity contribution in [2.24, 2.45) is 0 Å². The summed E-state index contributed by atoms with van der Waals surface area (Å²) < 4.78 is 42.2. The molecule has 0 heterocycles. The first-order valence-electron chi connectivity index (χ1n) is 3.80. The van der Waals surface area contributed by atoms with Crippen LogP contribution in [-0.4, -0.2) is 13.3 Å². The van der Waals surface area contributed by atoms with Crippen LogP contribution in [-0.2, 0) is 4.74 Å². The Kier molecular flexibility index (Phi) is 3.55. The molecule has 1 rings (SSSR count). The summed E-state index contributed by atoms with van der Waals surface area (Å²) in [5.41, 5.74) is 0.100. The van der Waals surface area contributed by atoms with Gasteiger partial charge in [-0.25, -0.2) is 0 Å². The molecule has 1 aromatic carbocycles. The van der Waals surface area contributed by atoms with Crippen LogP contribution in [0.25, 0.3) is 0 Å². The number of benzene rings is 1. The number of halogens is 4. The summed E-state index contributed by atoms with van der Waals surface area (Å²) in [5, 5.41) is 0. The highest BCUT2D eigenvalue weighted by Crippen LogP contribution is 2.35. The topological polar surface area (TPSA) is 9.23 Å². The lowest BCUT2D eigenvalue weighted by atomic mass is 10.1. The molecule has 0 amide bonds. The molecule has 1 aromatic rings. The minimum atomic E-state index is -4.37. The first kappa shape index (κ1) is 11.5. The molecule has 0 bridgehead atoms. The van der Waals surface area contributed by atoms with Gasteiger partial charge in [-0.2, -0.15) is 13.2 Å². The molecule has 0 unspecified atom stereocenters. The summed E-state index contributed by atoms with van der Waals surface area (Å²) in [4.78, 5) is 0. The van der Waals surface area contributed by atoms with Crippen LogP contribution in [0.5, 0.6) is 0 Å². The number of alkyl halides is 3. The maximum absolute atomic E-state index is 12.4. The summed E-state index contributed by atoms with van der Waals surface area (Å²) in [6, 6.07) is 5.86. The van der Waals surface area contributed by atoms with Crippen LogP contribution in [0.1, 0.15) is 11.7 Å². The van der Waals surface area contributed by atoms with E-state index in [4.69, 9.17) is 0 Å². The van der Waals surface area contributed by atoms with Gasteiger partial charge < -0.3 is 4.74 Å². The predicted molar refractivity (Wildman–Crippen MR) is 49.9 cm³/mol. The monoisotopic (exact) mass is 268 g/mol. The average Bonchev–Trinajstić information content (AvgIpc) is 2.07. The zero-order chi connectivity index (χ0) is 10.8. The van der Waals surface area contributed by atoms with Gasteiger partial charge in [0.15, 0.2) is 6.10 Å². The summed E-state index contributed by atoms with van der Waals surface area (Å²) in [6.45, 7) is 0. The molecule has 0 saturated carbocycles. The van der Waals surface area contributed by atoms with Gasteiger partial charge in [-0.15, -0.1) is 0 Å². The van der Waals surface area contributed by atoms with Gasteiger partial charge in [0.25, 0.3) is 0 Å². The van der Waals surface area contributed by atoms with Crippen molar-refractivity contribution >= 4 is 15.9 Å². The summed E-state index contributed by atoms with van der Waals surface area (Å²) in [7, 11) is 1.04. The number of hydrogen-bond donors (Lipinski definition) is 0. The van der Waals surface area contributed by atoms with Crippen molar-refractivity contribution < 1.29 is 17.9 Å². The second kappa shape index (κ2) is 4.31. The molecule has 0 aromatic heterocycles. The van der Waals surface area contributed by atoms with E-state index in [1.54, 1.807) is 12.1 Å². The third-order valence-electron chi connectivity index (χ3n) is 1.71. The Balaban J connectivity index is 2.96. The average molecular weight is 269 g/mol. The number of methoxy groups -OCH3 is 1. The first-order valence-corrected chi connectivity index (χ1v) is 4.59. The minimum absolute atomic E-state index is 0.100. The predicted octanol–water partition coefficient (Wildman–Crippen LogP) is 3.70. The van der Waals surface area contributed by atoms with Crippen molar-refractivity contribution in [3.8, 4) is 0 Å². The van der Waals surface area contributed by atoms with E-state index in [1.165, 1.54) is 12.1 Å². The second-order valence-corrected chi connectivity index (χ2v) is 3.62. The summed E-state index contributed by atoms with van der Waals surface area (Å²) in [5.74, 6) is 0. The van der Waals surface area contributed by atoms with E-state index in [2.05, 4.69) is 20.7 Å². The molecule has 0 aliphatic rings. The van der Waals surface area contributed by atoms with Gasteiger partial charge >= 0.3 is 6.18 Å². The quantitative estimate of drug-likeness (QED) is 0.795. The molecule has 0 saturated heterocycles. The fourth-order valence-electron chi connectivity index (χ4n) is 1.10. The molecule has 0 radical (unpaired) electrons. The van der Waals surface area contributed by atoms with E-state index < -0.39 is 12.3 Å². The van der Waals surface area contributed by atoms with Crippen molar-refractivity contribution in [2.45, 2.75) is 12.3 Å². The molecular weight excluding hydrogens is 261 g/mol. The zero-order valence-corrected chi connectivity index (χ0v) is 8.89. The van der Waals surface area contributed by atoms with E-state index in [1.807, 2.05) is 0 Å². The van der Waals surface area contributed by atoms with Crippen LogP contribution in [0.3, 0.4) is 0 Å². The Morgan fingerprint density at radius 1 is 1.21 bits per heavy atom. The highest BCUT2D eigenvalue weighted by atomic mass is 79.9. The van der Waals surface area contributed by atoms with Crippen LogP contribution in [0.2, 0.25) is 0 Å². The lowest BCUT2D eigenvalue weighted by molar-refractivity contribution is -0.215. The molecule has 5 heteroatoms. The minimum Gasteiger partial charge on any atom is -0.367 e. The Labute approximate surface area is 88.0 Å². The molecule has 0 aliphatic carbocycles. The van der Waals surface area contributed by atoms with Gasteiger partial charge in [0.05, 0.1) is 0 Å². The van der Waals surface area contributed by atoms with Crippen molar-refractivity contribution in [1.82, 2.24) is 0 Å². The van der Waals surface area contributed by atoms with Gasteiger partial charge in [0.1, 0.15) is 0 Å². The SMILES string of the molecule is CO[C@@H](c1ccc(Br)cc1)C(F)(F)F. The van der Waals surface area contributed by atoms with Crippen LogP contribution >= 0.6 is 15.9 Å². The van der Waals surface area contributed by atoms with Crippen molar-refractivity contribution in [2.75, 3.05) is 7.11 Å². The molecule has 0 fully saturated rings. The van der Waals surface area contributed by atoms with E-state index in [9.17, 15) is 13.2 Å². The Morgan fingerprint density at radius 3 is 2.07 bits per heavy atom. The third-order valence-corrected chi connectivity index (χ3v) is 2.23. The molecule has 0 N–H and O–H groups in total. The second-order valence-electron chi connectivity index (χ2n) is 2.71. The molecule has 0 spiro atoms. The third kappa shape index (κ3) is 2.72. The van der Waals surface area contributed by atoms with E-state index in [0.29, 0.717) is 0 Å². The Bertz CT molecular complexity index is 294. The van der Waals surface area contributed by atoms with E-state index in [-0.39, 0.29) is 5.56 Å². The maximum Gasteiger partial charge on any atom is 0.418 e. The largest absolute Gasteiger partial charge is 0.418 e. The lowest BCUT2D eigenvalue weighted by Gasteiger charge is -2.18. The van der Waals surface area contributed by atoms with Crippen LogP contribution in [0.4, 0.5) is 13.2 Å². The van der Waals surface area contributed by atoms with Gasteiger partial charge in [-0.05, 0) is 17.7 Å². The first-order chi connectivity index (χ1) is 6.45. The van der Waals surface area contributed by atoms with Gasteiger partial charge in [-0.1, -0.05) is 28.1 Å². The van der Waals surface area contributed by atoms with Crippen LogP contribution < -0.4 is 0 Å². The van der Waals surface area contributed by atoms with Gasteiger partial charge in [0, 0.05) is 11.6 Å². The Morgan fingerprint density at radius 2 is 1.71 bits per heavy atom. The normalized spacial score (nSPS) is 14.1. The highest BCUT2D eigenvalue weighted by molar-refractivity contribution is 9.10. The van der Waals surface area contributed by atoms with Crippen LogP contribution in [0, 0.1) is 0 Å². The molecule has 0 aliphatic heterocycles. The smallest absolute Gasteiger partial charge is 0.367 e. The van der Waals surface area contributed by atoms with Gasteiger partial charge in [-0.3, -0.25) is 0 Å². The van der Waals surface area contributed by atoms with E-state index >= 15 is 0 Å². The van der Waals surface area contributed by atoms with E-state index in [0.717, 1.165) is 11.6 Å². The Hall–Kier alpha value is -0.550. The fourth-order valence-corrected chi connectivity index (χ4v) is 1.36. The number of hydrogen-bond acceptors (Lipinski definition) is 1. The molecule has 14 heavy (non-hydrogen) atoms.